The highest BCUT2D eigenvalue weighted by Gasteiger charge is 2.25. The Morgan fingerprint density at radius 2 is 0.836 bits per heavy atom. The van der Waals surface area contributed by atoms with Gasteiger partial charge >= 0.3 is 11.9 Å². The van der Waals surface area contributed by atoms with E-state index in [0.29, 0.717) is 49.0 Å². The van der Waals surface area contributed by atoms with Crippen LogP contribution in [0.5, 0.6) is 11.5 Å². The molecule has 6 aromatic carbocycles. The molecule has 0 saturated heterocycles. The molecular formula is C57H62O4. The van der Waals surface area contributed by atoms with Crippen LogP contribution in [0.4, 0.5) is 0 Å². The average Bonchev–Trinajstić information content (AvgIpc) is 3.30. The Morgan fingerprint density at radius 3 is 1.23 bits per heavy atom. The maximum absolute atomic E-state index is 13.4. The molecule has 2 fully saturated rings. The first-order valence-corrected chi connectivity index (χ1v) is 23.7. The summed E-state index contributed by atoms with van der Waals surface area (Å²) in [6.45, 7) is 4.61. The van der Waals surface area contributed by atoms with Crippen LogP contribution in [0, 0.1) is 11.8 Å². The van der Waals surface area contributed by atoms with Gasteiger partial charge < -0.3 is 9.47 Å². The lowest BCUT2D eigenvalue weighted by Gasteiger charge is -2.28. The highest BCUT2D eigenvalue weighted by atomic mass is 16.5. The van der Waals surface area contributed by atoms with Gasteiger partial charge in [-0.1, -0.05) is 131 Å². The van der Waals surface area contributed by atoms with E-state index in [-0.39, 0.29) is 11.9 Å². The summed E-state index contributed by atoms with van der Waals surface area (Å²) in [5.41, 5.74) is 9.08. The molecule has 0 atom stereocenters. The fourth-order valence-electron chi connectivity index (χ4n) is 11.0. The maximum atomic E-state index is 13.4. The van der Waals surface area contributed by atoms with Gasteiger partial charge in [-0.15, -0.1) is 0 Å². The van der Waals surface area contributed by atoms with Crippen LogP contribution in [-0.4, -0.2) is 11.9 Å². The van der Waals surface area contributed by atoms with E-state index in [1.807, 2.05) is 12.1 Å². The van der Waals surface area contributed by atoms with Crippen LogP contribution in [-0.2, 0) is 9.59 Å². The molecule has 2 aliphatic carbocycles. The van der Waals surface area contributed by atoms with Crippen molar-refractivity contribution in [2.24, 2.45) is 11.8 Å². The van der Waals surface area contributed by atoms with Gasteiger partial charge in [0.1, 0.15) is 11.5 Å². The quantitative estimate of drug-likeness (QED) is 0.113. The van der Waals surface area contributed by atoms with E-state index in [1.54, 1.807) is 0 Å². The molecule has 2 saturated carbocycles. The second-order valence-electron chi connectivity index (χ2n) is 18.5. The number of rotatable bonds is 8. The molecule has 4 nitrogen and oxygen atoms in total. The maximum Gasteiger partial charge on any atom is 0.311 e. The zero-order valence-electron chi connectivity index (χ0n) is 36.4. The Morgan fingerprint density at radius 1 is 0.443 bits per heavy atom. The third-order valence-corrected chi connectivity index (χ3v) is 14.4. The average molecular weight is 811 g/mol. The largest absolute Gasteiger partial charge is 0.426 e. The van der Waals surface area contributed by atoms with Crippen molar-refractivity contribution in [3.05, 3.63) is 120 Å². The van der Waals surface area contributed by atoms with Crippen LogP contribution in [0.15, 0.2) is 109 Å². The van der Waals surface area contributed by atoms with E-state index in [1.165, 1.54) is 99.3 Å². The Balaban J connectivity index is 1.08. The molecule has 0 spiro atoms. The van der Waals surface area contributed by atoms with E-state index in [9.17, 15) is 9.59 Å². The van der Waals surface area contributed by atoms with Gasteiger partial charge in [-0.2, -0.15) is 0 Å². The Bertz CT molecular complexity index is 2300. The monoisotopic (exact) mass is 810 g/mol. The predicted molar refractivity (Wildman–Crippen MR) is 251 cm³/mol. The van der Waals surface area contributed by atoms with Gasteiger partial charge in [0.2, 0.25) is 0 Å². The molecule has 9 rings (SSSR count). The standard InChI is InChI=1S/C57H62O4/c1-3-8-38-12-16-40(17-13-38)42-20-24-44(25-21-42)46-28-32-50-48(36-46)30-34-52-56(50)57-51-33-29-47(45-26-22-43(23-27-45)41-18-14-39(9-4-2)15-19-41)37-49(51)31-35-53(57)61-55(59)11-7-5-6-10-54(58)60-52/h20-41H,3-19H2,1-2H3. The molecule has 1 aliphatic heterocycles. The number of fused-ring (bicyclic) bond motifs is 7. The summed E-state index contributed by atoms with van der Waals surface area (Å²) in [5.74, 6) is 3.54. The SMILES string of the molecule is CCCC1CCC(c2ccc(-c3ccc4c5c(ccc4c3)OC(=O)CCCCCC(=O)Oc3ccc4cc(-c6ccc(C7CCC(CCC)CC7)cc6)ccc4c3-5)cc2)CC1. The number of ether oxygens (including phenoxy) is 2. The molecule has 0 unspecified atom stereocenters. The first-order chi connectivity index (χ1) is 29.9. The van der Waals surface area contributed by atoms with E-state index >= 15 is 0 Å². The number of benzene rings is 6. The molecule has 0 bridgehead atoms. The third kappa shape index (κ3) is 9.20. The van der Waals surface area contributed by atoms with Crippen molar-refractivity contribution < 1.29 is 19.1 Å². The number of carbonyl (C=O) groups is 2. The Labute approximate surface area is 363 Å². The summed E-state index contributed by atoms with van der Waals surface area (Å²) in [6.07, 6.45) is 18.5. The van der Waals surface area contributed by atoms with Crippen molar-refractivity contribution in [3.63, 3.8) is 0 Å². The summed E-state index contributed by atoms with van der Waals surface area (Å²) >= 11 is 0. The van der Waals surface area contributed by atoms with Crippen molar-refractivity contribution in [2.75, 3.05) is 0 Å². The summed E-state index contributed by atoms with van der Waals surface area (Å²) < 4.78 is 12.5. The summed E-state index contributed by atoms with van der Waals surface area (Å²) in [5, 5.41) is 3.94. The predicted octanol–water partition coefficient (Wildman–Crippen LogP) is 15.9. The highest BCUT2D eigenvalue weighted by molar-refractivity contribution is 6.11. The van der Waals surface area contributed by atoms with Gasteiger partial charge in [-0.05, 0) is 167 Å². The van der Waals surface area contributed by atoms with E-state index < -0.39 is 0 Å². The topological polar surface area (TPSA) is 52.6 Å². The first kappa shape index (κ1) is 41.1. The van der Waals surface area contributed by atoms with Crippen molar-refractivity contribution in [1.29, 1.82) is 0 Å². The number of hydrogen-bond acceptors (Lipinski definition) is 4. The number of carbonyl (C=O) groups excluding carboxylic acids is 2. The molecule has 0 N–H and O–H groups in total. The lowest BCUT2D eigenvalue weighted by molar-refractivity contribution is -0.135. The normalized spacial score (nSPS) is 21.3. The molecular weight excluding hydrogens is 749 g/mol. The smallest absolute Gasteiger partial charge is 0.311 e. The first-order valence-electron chi connectivity index (χ1n) is 23.7. The van der Waals surface area contributed by atoms with Gasteiger partial charge in [0.05, 0.1) is 0 Å². The lowest BCUT2D eigenvalue weighted by Crippen LogP contribution is -2.13. The van der Waals surface area contributed by atoms with Crippen LogP contribution in [0.1, 0.15) is 146 Å². The summed E-state index contributed by atoms with van der Waals surface area (Å²) in [6, 6.07) is 39.5. The molecule has 4 heteroatoms. The van der Waals surface area contributed by atoms with Crippen LogP contribution in [0.25, 0.3) is 54.9 Å². The fourth-order valence-corrected chi connectivity index (χ4v) is 11.0. The minimum atomic E-state index is -0.260. The minimum Gasteiger partial charge on any atom is -0.426 e. The minimum absolute atomic E-state index is 0.260. The van der Waals surface area contributed by atoms with Crippen molar-refractivity contribution in [1.82, 2.24) is 0 Å². The van der Waals surface area contributed by atoms with E-state index in [0.717, 1.165) is 62.1 Å². The molecule has 0 radical (unpaired) electrons. The van der Waals surface area contributed by atoms with Crippen LogP contribution in [0.3, 0.4) is 0 Å². The van der Waals surface area contributed by atoms with Crippen LogP contribution in [0.2, 0.25) is 0 Å². The second-order valence-corrected chi connectivity index (χ2v) is 18.5. The van der Waals surface area contributed by atoms with Gasteiger partial charge in [-0.25, -0.2) is 0 Å². The van der Waals surface area contributed by atoms with E-state index in [4.69, 9.17) is 9.47 Å². The molecule has 314 valence electrons. The Kier molecular flexibility index (Phi) is 12.7. The summed E-state index contributed by atoms with van der Waals surface area (Å²) in [7, 11) is 0. The number of hydrogen-bond donors (Lipinski definition) is 0. The van der Waals surface area contributed by atoms with Crippen molar-refractivity contribution in [3.8, 4) is 44.9 Å². The molecule has 61 heavy (non-hydrogen) atoms. The third-order valence-electron chi connectivity index (χ3n) is 14.4. The second kappa shape index (κ2) is 18.8. The zero-order chi connectivity index (χ0) is 41.7. The van der Waals surface area contributed by atoms with E-state index in [2.05, 4.69) is 111 Å². The summed E-state index contributed by atoms with van der Waals surface area (Å²) in [4.78, 5) is 26.8. The Hall–Kier alpha value is -5.22. The van der Waals surface area contributed by atoms with Crippen molar-refractivity contribution >= 4 is 33.5 Å². The van der Waals surface area contributed by atoms with Gasteiger partial charge in [0, 0.05) is 24.0 Å². The van der Waals surface area contributed by atoms with Crippen molar-refractivity contribution in [2.45, 2.75) is 135 Å². The van der Waals surface area contributed by atoms with Gasteiger partial charge in [-0.3, -0.25) is 9.59 Å². The van der Waals surface area contributed by atoms with Gasteiger partial charge in [0.25, 0.3) is 0 Å². The highest BCUT2D eigenvalue weighted by Crippen LogP contribution is 2.48. The van der Waals surface area contributed by atoms with Crippen LogP contribution >= 0.6 is 0 Å². The van der Waals surface area contributed by atoms with Crippen LogP contribution < -0.4 is 9.47 Å². The lowest BCUT2D eigenvalue weighted by atomic mass is 9.77. The molecule has 3 aliphatic rings. The number of esters is 2. The molecule has 6 aromatic rings. The molecule has 0 amide bonds. The fraction of sp³-hybridized carbons (Fsp3) is 0.404. The molecule has 1 heterocycles. The van der Waals surface area contributed by atoms with Gasteiger partial charge in [0.15, 0.2) is 0 Å². The molecule has 0 aromatic heterocycles. The zero-order valence-corrected chi connectivity index (χ0v) is 36.4.